The van der Waals surface area contributed by atoms with Crippen molar-refractivity contribution in [2.75, 3.05) is 11.9 Å². The van der Waals surface area contributed by atoms with Crippen molar-refractivity contribution in [1.29, 1.82) is 0 Å². The number of carbonyl (C=O) groups excluding carboxylic acids is 3. The molecule has 0 saturated carbocycles. The third-order valence-electron chi connectivity index (χ3n) is 5.61. The van der Waals surface area contributed by atoms with Crippen molar-refractivity contribution in [1.82, 2.24) is 14.7 Å². The summed E-state index contributed by atoms with van der Waals surface area (Å²) in [5.74, 6) is -3.30. The van der Waals surface area contributed by atoms with E-state index in [0.29, 0.717) is 10.9 Å². The van der Waals surface area contributed by atoms with E-state index in [4.69, 9.17) is 5.73 Å². The number of nitrogens with one attached hydrogen (secondary N) is 1. The molecule has 34 heavy (non-hydrogen) atoms. The lowest BCUT2D eigenvalue weighted by atomic mass is 9.79. The molecule has 2 atom stereocenters. The molecule has 1 fully saturated rings. The number of nitrogens with zero attached hydrogens (tertiary/aromatic N) is 3. The average Bonchev–Trinajstić information content (AvgIpc) is 3.36. The van der Waals surface area contributed by atoms with Gasteiger partial charge in [0.25, 0.3) is 5.91 Å². The maximum Gasteiger partial charge on any atom is 0.491 e. The van der Waals surface area contributed by atoms with Crippen LogP contribution in [0.15, 0.2) is 42.5 Å². The van der Waals surface area contributed by atoms with Crippen LogP contribution in [-0.2, 0) is 16.1 Å². The van der Waals surface area contributed by atoms with Gasteiger partial charge in [-0.3, -0.25) is 19.1 Å². The molecular weight excluding hydrogens is 451 g/mol. The van der Waals surface area contributed by atoms with Crippen molar-refractivity contribution >= 4 is 46.9 Å². The van der Waals surface area contributed by atoms with E-state index in [1.807, 2.05) is 0 Å². The summed E-state index contributed by atoms with van der Waals surface area (Å²) in [7, 11) is -2.09. The molecule has 2 heterocycles. The van der Waals surface area contributed by atoms with Crippen molar-refractivity contribution < 1.29 is 33.2 Å². The number of alkyl halides is 1. The Labute approximate surface area is 192 Å². The molecule has 0 bridgehead atoms. The highest BCUT2D eigenvalue weighted by Crippen LogP contribution is 2.24. The van der Waals surface area contributed by atoms with E-state index in [2.05, 4.69) is 10.4 Å². The number of fused-ring (bicyclic) bond motifs is 1. The molecule has 10 nitrogen and oxygen atoms in total. The largest absolute Gasteiger partial charge is 0.491 e. The zero-order chi connectivity index (χ0) is 24.6. The number of anilines is 1. The molecule has 13 heteroatoms. The van der Waals surface area contributed by atoms with Crippen LogP contribution in [0.1, 0.15) is 16.9 Å². The summed E-state index contributed by atoms with van der Waals surface area (Å²) in [6.45, 7) is -0.735. The lowest BCUT2D eigenvalue weighted by Gasteiger charge is -2.24. The number of rotatable bonds is 6. The lowest BCUT2D eigenvalue weighted by molar-refractivity contribution is -0.137. The Hall–Kier alpha value is -3.84. The number of likely N-dealkylation sites (tertiary alicyclic amines) is 1. The first-order valence-corrected chi connectivity index (χ1v) is 10.3. The fourth-order valence-corrected chi connectivity index (χ4v) is 4.02. The molecule has 176 valence electrons. The van der Waals surface area contributed by atoms with Crippen molar-refractivity contribution in [3.8, 4) is 0 Å². The van der Waals surface area contributed by atoms with Crippen LogP contribution in [0.5, 0.6) is 0 Å². The summed E-state index contributed by atoms with van der Waals surface area (Å²) < 4.78 is 30.0. The van der Waals surface area contributed by atoms with E-state index in [9.17, 15) is 33.2 Å². The Morgan fingerprint density at radius 3 is 2.62 bits per heavy atom. The van der Waals surface area contributed by atoms with Crippen LogP contribution in [0.4, 0.5) is 14.5 Å². The summed E-state index contributed by atoms with van der Waals surface area (Å²) in [5.41, 5.74) is 5.02. The third kappa shape index (κ3) is 4.34. The number of carbonyl (C=O) groups is 3. The van der Waals surface area contributed by atoms with Gasteiger partial charge in [0.15, 0.2) is 5.69 Å². The van der Waals surface area contributed by atoms with Gasteiger partial charge >= 0.3 is 7.12 Å². The number of aromatic nitrogens is 2. The standard InChI is InChI=1S/C21H20BF2N5O5/c23-11-8-16(21(32)26-14-6-3-5-13(18(14)24)22(33)34)28(9-11)17(30)10-29-15-7-2-1-4-12(15)19(27-29)20(25)31/h1-7,11,16,33-34H,8-10H2,(H2,25,31)(H,26,32)/t11-,16+/m1/s1. The molecule has 2 aromatic carbocycles. The molecule has 1 aromatic heterocycles. The van der Waals surface area contributed by atoms with E-state index < -0.39 is 48.3 Å². The number of hydrogen-bond donors (Lipinski definition) is 4. The smallest absolute Gasteiger partial charge is 0.423 e. The molecule has 5 N–H and O–H groups in total. The maximum atomic E-state index is 14.5. The Kier molecular flexibility index (Phi) is 6.31. The van der Waals surface area contributed by atoms with Gasteiger partial charge in [-0.2, -0.15) is 5.10 Å². The summed E-state index contributed by atoms with van der Waals surface area (Å²) >= 11 is 0. The number of amides is 3. The number of benzene rings is 2. The van der Waals surface area contributed by atoms with Gasteiger partial charge in [0.05, 0.1) is 17.7 Å². The zero-order valence-electron chi connectivity index (χ0n) is 17.7. The number of para-hydroxylation sites is 1. The number of primary amides is 1. The molecule has 1 saturated heterocycles. The summed E-state index contributed by atoms with van der Waals surface area (Å²) in [6.07, 6.45) is -1.78. The Morgan fingerprint density at radius 1 is 1.18 bits per heavy atom. The minimum Gasteiger partial charge on any atom is -0.423 e. The predicted molar refractivity (Wildman–Crippen MR) is 118 cm³/mol. The van der Waals surface area contributed by atoms with Gasteiger partial charge < -0.3 is 26.0 Å². The minimum atomic E-state index is -2.09. The van der Waals surface area contributed by atoms with Crippen molar-refractivity contribution in [2.45, 2.75) is 25.2 Å². The molecule has 1 aliphatic heterocycles. The molecule has 0 unspecified atom stereocenters. The molecule has 3 aromatic rings. The SMILES string of the molecule is NC(=O)c1nn(CC(=O)N2C[C@H](F)C[C@H]2C(=O)Nc2cccc(B(O)O)c2F)c2ccccc12. The third-order valence-corrected chi connectivity index (χ3v) is 5.61. The summed E-state index contributed by atoms with van der Waals surface area (Å²) in [6, 6.07) is 9.04. The van der Waals surface area contributed by atoms with E-state index in [1.54, 1.807) is 24.3 Å². The van der Waals surface area contributed by atoms with Crippen molar-refractivity contribution in [3.63, 3.8) is 0 Å². The Balaban J connectivity index is 1.56. The first-order valence-electron chi connectivity index (χ1n) is 10.3. The van der Waals surface area contributed by atoms with Crippen LogP contribution in [0.3, 0.4) is 0 Å². The van der Waals surface area contributed by atoms with Crippen LogP contribution in [0.25, 0.3) is 10.9 Å². The molecular formula is C21H20BF2N5O5. The normalized spacial score (nSPS) is 17.7. The second-order valence-electron chi connectivity index (χ2n) is 7.85. The van der Waals surface area contributed by atoms with Gasteiger partial charge in [0.1, 0.15) is 24.6 Å². The van der Waals surface area contributed by atoms with Crippen LogP contribution in [0, 0.1) is 5.82 Å². The molecule has 3 amide bonds. The van der Waals surface area contributed by atoms with Crippen LogP contribution in [-0.4, -0.2) is 68.3 Å². The van der Waals surface area contributed by atoms with Crippen molar-refractivity contribution in [2.24, 2.45) is 5.73 Å². The van der Waals surface area contributed by atoms with Crippen LogP contribution in [0.2, 0.25) is 0 Å². The number of nitrogens with two attached hydrogens (primary N) is 1. The first-order chi connectivity index (χ1) is 16.2. The Bertz CT molecular complexity index is 1280. The van der Waals surface area contributed by atoms with E-state index >= 15 is 0 Å². The number of hydrogen-bond acceptors (Lipinski definition) is 6. The summed E-state index contributed by atoms with van der Waals surface area (Å²) in [4.78, 5) is 38.6. The van der Waals surface area contributed by atoms with Gasteiger partial charge in [-0.15, -0.1) is 0 Å². The van der Waals surface area contributed by atoms with Gasteiger partial charge in [-0.1, -0.05) is 30.3 Å². The van der Waals surface area contributed by atoms with Gasteiger partial charge in [0, 0.05) is 17.3 Å². The topological polar surface area (TPSA) is 151 Å². The van der Waals surface area contributed by atoms with Gasteiger partial charge in [-0.25, -0.2) is 8.78 Å². The Morgan fingerprint density at radius 2 is 1.91 bits per heavy atom. The average molecular weight is 471 g/mol. The molecule has 0 radical (unpaired) electrons. The van der Waals surface area contributed by atoms with Gasteiger partial charge in [0.2, 0.25) is 11.8 Å². The van der Waals surface area contributed by atoms with E-state index in [-0.39, 0.29) is 30.9 Å². The molecule has 4 rings (SSSR count). The molecule has 0 spiro atoms. The zero-order valence-corrected chi connectivity index (χ0v) is 17.7. The predicted octanol–water partition coefficient (Wildman–Crippen LogP) is -0.468. The highest BCUT2D eigenvalue weighted by atomic mass is 19.1. The van der Waals surface area contributed by atoms with Crippen LogP contribution >= 0.6 is 0 Å². The fourth-order valence-electron chi connectivity index (χ4n) is 4.02. The number of halogens is 2. The fraction of sp³-hybridized carbons (Fsp3) is 0.238. The molecule has 0 aliphatic carbocycles. The second-order valence-corrected chi connectivity index (χ2v) is 7.85. The van der Waals surface area contributed by atoms with Gasteiger partial charge in [-0.05, 0) is 12.1 Å². The van der Waals surface area contributed by atoms with E-state index in [0.717, 1.165) is 11.0 Å². The lowest BCUT2D eigenvalue weighted by Crippen LogP contribution is -2.45. The van der Waals surface area contributed by atoms with Crippen molar-refractivity contribution in [3.05, 3.63) is 54.0 Å². The second kappa shape index (κ2) is 9.19. The highest BCUT2D eigenvalue weighted by molar-refractivity contribution is 6.58. The minimum absolute atomic E-state index is 0.0242. The molecule has 1 aliphatic rings. The monoisotopic (exact) mass is 471 g/mol. The highest BCUT2D eigenvalue weighted by Gasteiger charge is 2.40. The van der Waals surface area contributed by atoms with E-state index in [1.165, 1.54) is 16.8 Å². The quantitative estimate of drug-likeness (QED) is 0.357. The van der Waals surface area contributed by atoms with Crippen LogP contribution < -0.4 is 16.5 Å². The maximum absolute atomic E-state index is 14.5. The first kappa shape index (κ1) is 23.3. The summed E-state index contributed by atoms with van der Waals surface area (Å²) in [5, 5.41) is 25.3.